The van der Waals surface area contributed by atoms with E-state index in [4.69, 9.17) is 9.47 Å². The van der Waals surface area contributed by atoms with E-state index in [-0.39, 0.29) is 11.8 Å². The van der Waals surface area contributed by atoms with Gasteiger partial charge in [0, 0.05) is 13.7 Å². The number of rotatable bonds is 2. The molecule has 1 aliphatic carbocycles. The van der Waals surface area contributed by atoms with Crippen LogP contribution in [-0.4, -0.2) is 42.8 Å². The van der Waals surface area contributed by atoms with Crippen molar-refractivity contribution in [3.05, 3.63) is 0 Å². The number of ether oxygens (including phenoxy) is 2. The lowest BCUT2D eigenvalue weighted by Gasteiger charge is -2.25. The van der Waals surface area contributed by atoms with Crippen LogP contribution in [0.2, 0.25) is 0 Å². The second kappa shape index (κ2) is 3.70. The monoisotopic (exact) mass is 241 g/mol. The van der Waals surface area contributed by atoms with Crippen LogP contribution in [0.3, 0.4) is 0 Å². The number of amides is 2. The average Bonchev–Trinajstić information content (AvgIpc) is 2.79. The van der Waals surface area contributed by atoms with Crippen LogP contribution in [0.4, 0.5) is 4.79 Å². The summed E-state index contributed by atoms with van der Waals surface area (Å²) in [5, 5.41) is 0. The number of hydrogen-bond donors (Lipinski definition) is 0. The van der Waals surface area contributed by atoms with Gasteiger partial charge in [-0.25, -0.2) is 9.69 Å². The summed E-state index contributed by atoms with van der Waals surface area (Å²) in [6, 6.07) is 0. The highest BCUT2D eigenvalue weighted by molar-refractivity contribution is 6.00. The molecule has 1 heterocycles. The Hall–Kier alpha value is -1.10. The van der Waals surface area contributed by atoms with E-state index >= 15 is 0 Å². The summed E-state index contributed by atoms with van der Waals surface area (Å²) in [6.45, 7) is 6.23. The summed E-state index contributed by atoms with van der Waals surface area (Å²) in [5.74, 6) is 0.112. The van der Waals surface area contributed by atoms with Gasteiger partial charge in [0.1, 0.15) is 5.60 Å². The van der Waals surface area contributed by atoms with Crippen molar-refractivity contribution in [3.8, 4) is 0 Å². The van der Waals surface area contributed by atoms with E-state index < -0.39 is 17.1 Å². The molecule has 5 nitrogen and oxygen atoms in total. The van der Waals surface area contributed by atoms with Crippen molar-refractivity contribution < 1.29 is 19.1 Å². The standard InChI is InChI=1S/C12H19NO4/c1-11(2,3)17-10(15)13-6-8-5-12(8,7-16-4)9(13)14/h8H,5-7H2,1-4H3/t8-,12+/m1/s1. The molecule has 0 radical (unpaired) electrons. The summed E-state index contributed by atoms with van der Waals surface area (Å²) >= 11 is 0. The molecular weight excluding hydrogens is 222 g/mol. The summed E-state index contributed by atoms with van der Waals surface area (Å²) < 4.78 is 10.3. The predicted molar refractivity (Wildman–Crippen MR) is 60.4 cm³/mol. The Kier molecular flexibility index (Phi) is 2.69. The molecule has 1 saturated heterocycles. The summed E-state index contributed by atoms with van der Waals surface area (Å²) in [7, 11) is 1.58. The summed E-state index contributed by atoms with van der Waals surface area (Å²) in [5.41, 5.74) is -1.01. The maximum Gasteiger partial charge on any atom is 0.417 e. The van der Waals surface area contributed by atoms with Crippen LogP contribution in [0.25, 0.3) is 0 Å². The Balaban J connectivity index is 2.02. The van der Waals surface area contributed by atoms with Crippen LogP contribution in [0, 0.1) is 11.3 Å². The topological polar surface area (TPSA) is 55.8 Å². The van der Waals surface area contributed by atoms with Crippen LogP contribution in [0.5, 0.6) is 0 Å². The molecule has 1 aliphatic heterocycles. The van der Waals surface area contributed by atoms with Gasteiger partial charge in [0.15, 0.2) is 0 Å². The number of fused-ring (bicyclic) bond motifs is 1. The van der Waals surface area contributed by atoms with Crippen LogP contribution in [-0.2, 0) is 14.3 Å². The van der Waals surface area contributed by atoms with Crippen molar-refractivity contribution in [2.24, 2.45) is 11.3 Å². The molecule has 0 bridgehead atoms. The molecule has 2 amide bonds. The lowest BCUT2D eigenvalue weighted by Crippen LogP contribution is -2.41. The molecule has 0 aromatic heterocycles. The lowest BCUT2D eigenvalue weighted by atomic mass is 10.1. The molecule has 0 unspecified atom stereocenters. The van der Waals surface area contributed by atoms with Gasteiger partial charge in [0.2, 0.25) is 5.91 Å². The van der Waals surface area contributed by atoms with E-state index in [9.17, 15) is 9.59 Å². The van der Waals surface area contributed by atoms with Gasteiger partial charge in [-0.3, -0.25) is 4.79 Å². The maximum absolute atomic E-state index is 12.1. The SMILES string of the molecule is COC[C@@]12C[C@@H]1CN(C(=O)OC(C)(C)C)C2=O. The molecule has 2 fully saturated rings. The van der Waals surface area contributed by atoms with Crippen LogP contribution in [0.15, 0.2) is 0 Å². The van der Waals surface area contributed by atoms with Gasteiger partial charge < -0.3 is 9.47 Å². The van der Waals surface area contributed by atoms with Crippen molar-refractivity contribution in [2.45, 2.75) is 32.8 Å². The predicted octanol–water partition coefficient (Wildman–Crippen LogP) is 1.42. The minimum atomic E-state index is -0.571. The number of carbonyl (C=O) groups is 2. The van der Waals surface area contributed by atoms with Crippen LogP contribution >= 0.6 is 0 Å². The first kappa shape index (κ1) is 12.4. The number of likely N-dealkylation sites (tertiary alicyclic amines) is 1. The molecule has 0 N–H and O–H groups in total. The molecule has 0 aromatic carbocycles. The smallest absolute Gasteiger partial charge is 0.417 e. The first-order valence-electron chi connectivity index (χ1n) is 5.84. The van der Waals surface area contributed by atoms with Crippen LogP contribution < -0.4 is 0 Å². The van der Waals surface area contributed by atoms with Gasteiger partial charge >= 0.3 is 6.09 Å². The average molecular weight is 241 g/mol. The van der Waals surface area contributed by atoms with E-state index in [1.165, 1.54) is 4.90 Å². The Morgan fingerprint density at radius 2 is 2.18 bits per heavy atom. The molecule has 0 aromatic rings. The normalized spacial score (nSPS) is 31.4. The molecule has 96 valence electrons. The zero-order valence-corrected chi connectivity index (χ0v) is 10.8. The van der Waals surface area contributed by atoms with Crippen molar-refractivity contribution in [1.82, 2.24) is 4.90 Å². The highest BCUT2D eigenvalue weighted by Gasteiger charge is 2.68. The van der Waals surface area contributed by atoms with Gasteiger partial charge in [-0.15, -0.1) is 0 Å². The van der Waals surface area contributed by atoms with E-state index in [1.807, 2.05) is 0 Å². The third-order valence-electron chi connectivity index (χ3n) is 3.32. The fraction of sp³-hybridized carbons (Fsp3) is 0.833. The molecule has 17 heavy (non-hydrogen) atoms. The molecular formula is C12H19NO4. The highest BCUT2D eigenvalue weighted by atomic mass is 16.6. The van der Waals surface area contributed by atoms with Gasteiger partial charge in [-0.2, -0.15) is 0 Å². The van der Waals surface area contributed by atoms with Crippen molar-refractivity contribution in [2.75, 3.05) is 20.3 Å². The van der Waals surface area contributed by atoms with Crippen molar-refractivity contribution in [1.29, 1.82) is 0 Å². The van der Waals surface area contributed by atoms with Gasteiger partial charge in [0.05, 0.1) is 12.0 Å². The third-order valence-corrected chi connectivity index (χ3v) is 3.32. The Morgan fingerprint density at radius 1 is 1.53 bits per heavy atom. The number of nitrogens with zero attached hydrogens (tertiary/aromatic N) is 1. The molecule has 2 atom stereocenters. The Bertz CT molecular complexity index is 360. The second-order valence-corrected chi connectivity index (χ2v) is 5.89. The summed E-state index contributed by atoms with van der Waals surface area (Å²) in [4.78, 5) is 25.2. The Morgan fingerprint density at radius 3 is 2.71 bits per heavy atom. The fourth-order valence-electron chi connectivity index (χ4n) is 2.42. The zero-order chi connectivity index (χ0) is 12.8. The van der Waals surface area contributed by atoms with E-state index in [1.54, 1.807) is 27.9 Å². The van der Waals surface area contributed by atoms with E-state index in [0.717, 1.165) is 6.42 Å². The first-order chi connectivity index (χ1) is 7.80. The third kappa shape index (κ3) is 2.04. The number of piperidine rings is 1. The molecule has 5 heteroatoms. The maximum atomic E-state index is 12.1. The van der Waals surface area contributed by atoms with Gasteiger partial charge in [-0.1, -0.05) is 0 Å². The number of imide groups is 1. The first-order valence-corrected chi connectivity index (χ1v) is 5.84. The van der Waals surface area contributed by atoms with Crippen LogP contribution in [0.1, 0.15) is 27.2 Å². The minimum absolute atomic E-state index is 0.140. The van der Waals surface area contributed by atoms with Crippen molar-refractivity contribution >= 4 is 12.0 Å². The molecule has 2 aliphatic rings. The van der Waals surface area contributed by atoms with Gasteiger partial charge in [-0.05, 0) is 33.1 Å². The number of hydrogen-bond acceptors (Lipinski definition) is 4. The molecule has 2 rings (SSSR count). The van der Waals surface area contributed by atoms with Crippen molar-refractivity contribution in [3.63, 3.8) is 0 Å². The number of carbonyl (C=O) groups excluding carboxylic acids is 2. The summed E-state index contributed by atoms with van der Waals surface area (Å²) in [6.07, 6.45) is 0.295. The zero-order valence-electron chi connectivity index (χ0n) is 10.8. The van der Waals surface area contributed by atoms with E-state index in [2.05, 4.69) is 0 Å². The highest BCUT2D eigenvalue weighted by Crippen LogP contribution is 2.58. The Labute approximate surface area is 101 Å². The number of methoxy groups -OCH3 is 1. The van der Waals surface area contributed by atoms with Gasteiger partial charge in [0.25, 0.3) is 0 Å². The second-order valence-electron chi connectivity index (χ2n) is 5.89. The largest absolute Gasteiger partial charge is 0.443 e. The van der Waals surface area contributed by atoms with E-state index in [0.29, 0.717) is 13.2 Å². The molecule has 0 spiro atoms. The molecule has 1 saturated carbocycles. The fourth-order valence-corrected chi connectivity index (χ4v) is 2.42. The lowest BCUT2D eigenvalue weighted by molar-refractivity contribution is -0.134. The quantitative estimate of drug-likeness (QED) is 0.733. The minimum Gasteiger partial charge on any atom is -0.443 e.